The van der Waals surface area contributed by atoms with E-state index in [1.165, 1.54) is 59.6 Å². The fourth-order valence-corrected chi connectivity index (χ4v) is 6.03. The summed E-state index contributed by atoms with van der Waals surface area (Å²) in [4.78, 5) is 10.9. The van der Waals surface area contributed by atoms with Gasteiger partial charge in [0.2, 0.25) is 0 Å². The van der Waals surface area contributed by atoms with Crippen molar-refractivity contribution in [2.75, 3.05) is 20.2 Å². The summed E-state index contributed by atoms with van der Waals surface area (Å²) in [5.74, 6) is 0. The van der Waals surface area contributed by atoms with Crippen LogP contribution in [0, 0.1) is 0 Å². The second-order valence-corrected chi connectivity index (χ2v) is 9.81. The summed E-state index contributed by atoms with van der Waals surface area (Å²) in [5.41, 5.74) is 4.38. The molecule has 0 amide bonds. The molecule has 0 fully saturated rings. The number of allylic oxidation sites excluding steroid dienone is 1. The lowest BCUT2D eigenvalue weighted by molar-refractivity contribution is 0.182. The van der Waals surface area contributed by atoms with E-state index in [-0.39, 0.29) is 0 Å². The number of oxime groups is 1. The van der Waals surface area contributed by atoms with Crippen LogP contribution >= 0.6 is 22.7 Å². The number of thiophene rings is 2. The Morgan fingerprint density at radius 3 is 2.36 bits per heavy atom. The van der Waals surface area contributed by atoms with Crippen LogP contribution in [-0.2, 0) is 17.7 Å². The van der Waals surface area contributed by atoms with E-state index in [0.717, 1.165) is 25.9 Å². The van der Waals surface area contributed by atoms with Gasteiger partial charge in [0.15, 0.2) is 0 Å². The Kier molecular flexibility index (Phi) is 7.00. The Morgan fingerprint density at radius 2 is 1.75 bits per heavy atom. The number of rotatable bonds is 8. The van der Waals surface area contributed by atoms with Gasteiger partial charge in [-0.15, -0.1) is 22.7 Å². The highest BCUT2D eigenvalue weighted by Crippen LogP contribution is 2.36. The molecular formula is C23H30N2OS2. The molecule has 0 aliphatic heterocycles. The van der Waals surface area contributed by atoms with E-state index in [2.05, 4.69) is 45.1 Å². The second-order valence-electron chi connectivity index (χ2n) is 7.75. The number of hydrogen-bond donors (Lipinski definition) is 0. The SMILES string of the molecule is CON=C1CCCC2=C1CCC(N(CCc1cccs1)CCc1cccs1)C2. The van der Waals surface area contributed by atoms with Crippen LogP contribution in [0.4, 0.5) is 0 Å². The van der Waals surface area contributed by atoms with Gasteiger partial charge in [-0.25, -0.2) is 0 Å². The topological polar surface area (TPSA) is 24.8 Å². The minimum Gasteiger partial charge on any atom is -0.399 e. The van der Waals surface area contributed by atoms with Gasteiger partial charge in [-0.3, -0.25) is 4.90 Å². The maximum absolute atomic E-state index is 5.11. The first kappa shape index (κ1) is 19.9. The zero-order valence-corrected chi connectivity index (χ0v) is 18.4. The summed E-state index contributed by atoms with van der Waals surface area (Å²) in [6.07, 6.45) is 9.51. The van der Waals surface area contributed by atoms with Crippen molar-refractivity contribution < 1.29 is 4.84 Å². The third kappa shape index (κ3) is 4.94. The van der Waals surface area contributed by atoms with Gasteiger partial charge in [0.05, 0.1) is 5.71 Å². The quantitative estimate of drug-likeness (QED) is 0.500. The predicted molar refractivity (Wildman–Crippen MR) is 121 cm³/mol. The molecule has 1 unspecified atom stereocenters. The Hall–Kier alpha value is -1.43. The zero-order chi connectivity index (χ0) is 19.2. The van der Waals surface area contributed by atoms with Crippen molar-refractivity contribution in [2.45, 2.75) is 57.4 Å². The van der Waals surface area contributed by atoms with Gasteiger partial charge in [0.1, 0.15) is 7.11 Å². The Bertz CT molecular complexity index is 754. The smallest absolute Gasteiger partial charge is 0.106 e. The highest BCUT2D eigenvalue weighted by Gasteiger charge is 2.29. The lowest BCUT2D eigenvalue weighted by Gasteiger charge is -2.38. The van der Waals surface area contributed by atoms with Gasteiger partial charge in [-0.1, -0.05) is 22.9 Å². The summed E-state index contributed by atoms with van der Waals surface area (Å²) < 4.78 is 0. The molecule has 0 radical (unpaired) electrons. The van der Waals surface area contributed by atoms with E-state index >= 15 is 0 Å². The van der Waals surface area contributed by atoms with Gasteiger partial charge < -0.3 is 4.84 Å². The number of nitrogens with zero attached hydrogens (tertiary/aromatic N) is 2. The Balaban J connectivity index is 1.45. The van der Waals surface area contributed by atoms with Crippen LogP contribution in [-0.4, -0.2) is 36.9 Å². The van der Waals surface area contributed by atoms with Crippen LogP contribution in [0.5, 0.6) is 0 Å². The zero-order valence-electron chi connectivity index (χ0n) is 16.7. The largest absolute Gasteiger partial charge is 0.399 e. The molecule has 2 aromatic heterocycles. The first-order chi connectivity index (χ1) is 13.8. The van der Waals surface area contributed by atoms with E-state index in [1.807, 2.05) is 22.7 Å². The first-order valence-electron chi connectivity index (χ1n) is 10.4. The highest BCUT2D eigenvalue weighted by atomic mass is 32.1. The molecule has 2 heterocycles. The minimum absolute atomic E-state index is 0.667. The van der Waals surface area contributed by atoms with Crippen LogP contribution in [0.3, 0.4) is 0 Å². The van der Waals surface area contributed by atoms with Gasteiger partial charge >= 0.3 is 0 Å². The molecule has 0 aromatic carbocycles. The molecule has 28 heavy (non-hydrogen) atoms. The van der Waals surface area contributed by atoms with Crippen molar-refractivity contribution in [3.05, 3.63) is 55.9 Å². The highest BCUT2D eigenvalue weighted by molar-refractivity contribution is 7.10. The predicted octanol–water partition coefficient (Wildman–Crippen LogP) is 5.93. The van der Waals surface area contributed by atoms with Crippen molar-refractivity contribution in [3.8, 4) is 0 Å². The summed E-state index contributed by atoms with van der Waals surface area (Å²) in [6, 6.07) is 9.57. The first-order valence-corrected chi connectivity index (χ1v) is 12.2. The molecule has 2 aliphatic carbocycles. The minimum atomic E-state index is 0.667. The summed E-state index contributed by atoms with van der Waals surface area (Å²) in [6.45, 7) is 2.33. The van der Waals surface area contributed by atoms with Crippen LogP contribution in [0.25, 0.3) is 0 Å². The van der Waals surface area contributed by atoms with E-state index in [1.54, 1.807) is 12.7 Å². The van der Waals surface area contributed by atoms with Gasteiger partial charge in [-0.2, -0.15) is 0 Å². The Morgan fingerprint density at radius 1 is 1.04 bits per heavy atom. The van der Waals surface area contributed by atoms with Crippen LogP contribution < -0.4 is 0 Å². The van der Waals surface area contributed by atoms with Crippen LogP contribution in [0.1, 0.15) is 48.3 Å². The molecule has 0 bridgehead atoms. The van der Waals surface area contributed by atoms with Crippen LogP contribution in [0.2, 0.25) is 0 Å². The van der Waals surface area contributed by atoms with E-state index in [0.29, 0.717) is 6.04 Å². The molecule has 0 saturated heterocycles. The summed E-state index contributed by atoms with van der Waals surface area (Å²) >= 11 is 3.78. The molecule has 5 heteroatoms. The normalized spacial score (nSPS) is 21.4. The van der Waals surface area contributed by atoms with Crippen molar-refractivity contribution in [1.29, 1.82) is 0 Å². The molecule has 3 nitrogen and oxygen atoms in total. The maximum atomic E-state index is 5.11. The van der Waals surface area contributed by atoms with Crippen molar-refractivity contribution >= 4 is 28.4 Å². The summed E-state index contributed by atoms with van der Waals surface area (Å²) in [7, 11) is 1.67. The molecule has 0 saturated carbocycles. The fraction of sp³-hybridized carbons (Fsp3) is 0.522. The lowest BCUT2D eigenvalue weighted by Crippen LogP contribution is -2.40. The molecule has 0 spiro atoms. The average Bonchev–Trinajstić information content (AvgIpc) is 3.42. The number of hydrogen-bond acceptors (Lipinski definition) is 5. The summed E-state index contributed by atoms with van der Waals surface area (Å²) in [5, 5.41) is 8.72. The fourth-order valence-electron chi connectivity index (χ4n) is 4.64. The molecule has 2 aliphatic rings. The van der Waals surface area contributed by atoms with Crippen molar-refractivity contribution in [1.82, 2.24) is 4.90 Å². The standard InChI is InChI=1S/C23H30N2OS2/c1-26-24-23-8-2-5-18-17-19(9-10-22(18)23)25(13-11-20-6-3-15-27-20)14-12-21-7-4-16-28-21/h3-4,6-7,15-16,19H,2,5,8-14,17H2,1H3. The van der Waals surface area contributed by atoms with Crippen LogP contribution in [0.15, 0.2) is 51.3 Å². The molecule has 0 N–H and O–H groups in total. The molecule has 2 aromatic rings. The van der Waals surface area contributed by atoms with E-state index in [4.69, 9.17) is 4.84 Å². The maximum Gasteiger partial charge on any atom is 0.106 e. The molecular weight excluding hydrogens is 384 g/mol. The van der Waals surface area contributed by atoms with Gasteiger partial charge in [0.25, 0.3) is 0 Å². The third-order valence-electron chi connectivity index (χ3n) is 6.05. The second kappa shape index (κ2) is 9.86. The third-order valence-corrected chi connectivity index (χ3v) is 7.92. The van der Waals surface area contributed by atoms with Gasteiger partial charge in [0, 0.05) is 28.9 Å². The van der Waals surface area contributed by atoms with E-state index in [9.17, 15) is 0 Å². The Labute approximate surface area is 176 Å². The van der Waals surface area contributed by atoms with E-state index < -0.39 is 0 Å². The molecule has 1 atom stereocenters. The van der Waals surface area contributed by atoms with Crippen molar-refractivity contribution in [2.24, 2.45) is 5.16 Å². The lowest BCUT2D eigenvalue weighted by atomic mass is 9.78. The van der Waals surface area contributed by atoms with Crippen molar-refractivity contribution in [3.63, 3.8) is 0 Å². The van der Waals surface area contributed by atoms with Gasteiger partial charge in [-0.05, 0) is 79.8 Å². The average molecular weight is 415 g/mol. The monoisotopic (exact) mass is 414 g/mol. The molecule has 4 rings (SSSR count). The molecule has 150 valence electrons.